The van der Waals surface area contributed by atoms with E-state index in [1.807, 2.05) is 24.3 Å². The molecule has 0 radical (unpaired) electrons. The molecule has 2 aliphatic rings. The maximum Gasteiger partial charge on any atom is 0.303 e. The number of amides is 1. The summed E-state index contributed by atoms with van der Waals surface area (Å²) in [6.07, 6.45) is 0.489. The van der Waals surface area contributed by atoms with Gasteiger partial charge in [0.2, 0.25) is 0 Å². The monoisotopic (exact) mass is 466 g/mol. The molecule has 1 fully saturated rings. The smallest absolute Gasteiger partial charge is 0.303 e. The van der Waals surface area contributed by atoms with Crippen molar-refractivity contribution in [2.45, 2.75) is 12.8 Å². The van der Waals surface area contributed by atoms with E-state index in [1.165, 1.54) is 0 Å². The van der Waals surface area contributed by atoms with Crippen LogP contribution in [-0.2, 0) is 26.8 Å². The van der Waals surface area contributed by atoms with Crippen LogP contribution in [0.3, 0.4) is 0 Å². The maximum absolute atomic E-state index is 13.6. The van der Waals surface area contributed by atoms with Gasteiger partial charge in [0.1, 0.15) is 5.84 Å². The van der Waals surface area contributed by atoms with Gasteiger partial charge in [-0.1, -0.05) is 24.3 Å². The van der Waals surface area contributed by atoms with Crippen molar-refractivity contribution in [1.29, 1.82) is 5.41 Å². The number of hydrogen-bond donors (Lipinski definition) is 3. The number of carboxylic acids is 1. The first-order chi connectivity index (χ1) is 15.8. The van der Waals surface area contributed by atoms with Crippen molar-refractivity contribution in [2.75, 3.05) is 36.0 Å². The molecule has 4 N–H and O–H groups in total. The highest BCUT2D eigenvalue weighted by Gasteiger charge is 2.35. The average Bonchev–Trinajstić information content (AvgIpc) is 3.15. The number of amidine groups is 1. The first-order valence-electron chi connectivity index (χ1n) is 10.7. The summed E-state index contributed by atoms with van der Waals surface area (Å²) in [6.45, 7) is 1.67. The lowest BCUT2D eigenvalue weighted by Crippen LogP contribution is -2.38. The highest BCUT2D eigenvalue weighted by Crippen LogP contribution is 2.34. The zero-order valence-corrected chi connectivity index (χ0v) is 18.9. The van der Waals surface area contributed by atoms with Gasteiger partial charge in [-0.05, 0) is 41.8 Å². The Bertz CT molecular complexity index is 1130. The number of rotatable bonds is 7. The first kappa shape index (κ1) is 22.7. The van der Waals surface area contributed by atoms with Crippen LogP contribution in [0.15, 0.2) is 54.2 Å². The van der Waals surface area contributed by atoms with Crippen molar-refractivity contribution in [1.82, 2.24) is 4.90 Å². The van der Waals surface area contributed by atoms with Crippen molar-refractivity contribution in [3.05, 3.63) is 70.9 Å². The highest BCUT2D eigenvalue weighted by atomic mass is 32.2. The van der Waals surface area contributed by atoms with Gasteiger partial charge in [0.25, 0.3) is 5.91 Å². The normalized spacial score (nSPS) is 17.0. The third kappa shape index (κ3) is 4.98. The molecule has 8 nitrogen and oxygen atoms in total. The lowest BCUT2D eigenvalue weighted by molar-refractivity contribution is -0.137. The van der Waals surface area contributed by atoms with Gasteiger partial charge in [0, 0.05) is 58.8 Å². The predicted molar refractivity (Wildman–Crippen MR) is 129 cm³/mol. The molecule has 0 atom stereocenters. The third-order valence-corrected chi connectivity index (χ3v) is 7.25. The highest BCUT2D eigenvalue weighted by molar-refractivity contribution is 7.85. The van der Waals surface area contributed by atoms with E-state index in [2.05, 4.69) is 4.90 Å². The molecule has 2 aliphatic heterocycles. The minimum atomic E-state index is -0.844. The molecule has 0 unspecified atom stereocenters. The minimum Gasteiger partial charge on any atom is -0.481 e. The number of aliphatic carboxylic acids is 1. The number of nitrogens with zero attached hydrogens (tertiary/aromatic N) is 2. The molecule has 0 saturated carbocycles. The van der Waals surface area contributed by atoms with Crippen molar-refractivity contribution in [3.63, 3.8) is 0 Å². The van der Waals surface area contributed by atoms with E-state index in [0.717, 1.165) is 22.5 Å². The van der Waals surface area contributed by atoms with E-state index in [1.54, 1.807) is 29.2 Å². The second kappa shape index (κ2) is 9.58. The molecule has 33 heavy (non-hydrogen) atoms. The number of carbonyl (C=O) groups is 2. The van der Waals surface area contributed by atoms with Crippen LogP contribution in [0.2, 0.25) is 0 Å². The fraction of sp³-hybridized carbons (Fsp3) is 0.292. The lowest BCUT2D eigenvalue weighted by atomic mass is 10.0. The Balaban J connectivity index is 1.65. The minimum absolute atomic E-state index is 0.0295. The predicted octanol–water partition coefficient (Wildman–Crippen LogP) is 1.81. The van der Waals surface area contributed by atoms with Crippen molar-refractivity contribution >= 4 is 39.8 Å². The number of carboxylic acid groups (broad SMARTS) is 1. The molecular weight excluding hydrogens is 440 g/mol. The maximum atomic E-state index is 13.6. The fourth-order valence-electron chi connectivity index (χ4n) is 4.13. The molecule has 0 bridgehead atoms. The summed E-state index contributed by atoms with van der Waals surface area (Å²) in [7, 11) is -0.829. The average molecular weight is 467 g/mol. The number of hydrogen-bond acceptors (Lipinski definition) is 5. The van der Waals surface area contributed by atoms with E-state index in [0.29, 0.717) is 48.7 Å². The summed E-state index contributed by atoms with van der Waals surface area (Å²) in [5, 5.41) is 16.5. The van der Waals surface area contributed by atoms with E-state index in [-0.39, 0.29) is 18.2 Å². The Labute approximate surface area is 194 Å². The van der Waals surface area contributed by atoms with Crippen LogP contribution in [-0.4, -0.2) is 63.1 Å². The SMILES string of the molecule is N=C(N)c1ccc(N2CC(N3CCS(=O)CC3)=C(c3ccc(CCC(=O)O)cc3)C2=O)cc1. The summed E-state index contributed by atoms with van der Waals surface area (Å²) >= 11 is 0. The number of nitrogens with two attached hydrogens (primary N) is 1. The molecular formula is C24H26N4O4S. The summed E-state index contributed by atoms with van der Waals surface area (Å²) < 4.78 is 11.9. The van der Waals surface area contributed by atoms with Crippen LogP contribution in [0.25, 0.3) is 5.57 Å². The first-order valence-corrected chi connectivity index (χ1v) is 12.2. The molecule has 0 aromatic heterocycles. The molecule has 1 amide bonds. The Hall–Kier alpha value is -3.46. The van der Waals surface area contributed by atoms with E-state index in [9.17, 15) is 13.8 Å². The molecule has 4 rings (SSSR count). The summed E-state index contributed by atoms with van der Waals surface area (Å²) in [5.41, 5.74) is 10.1. The van der Waals surface area contributed by atoms with Gasteiger partial charge < -0.3 is 20.6 Å². The Morgan fingerprint density at radius 3 is 2.27 bits per heavy atom. The van der Waals surface area contributed by atoms with Crippen LogP contribution < -0.4 is 10.6 Å². The van der Waals surface area contributed by atoms with Gasteiger partial charge in [0.05, 0.1) is 12.1 Å². The summed E-state index contributed by atoms with van der Waals surface area (Å²) in [5.74, 6) is 0.159. The Morgan fingerprint density at radius 1 is 1.06 bits per heavy atom. The fourth-order valence-corrected chi connectivity index (χ4v) is 5.19. The number of anilines is 1. The summed E-state index contributed by atoms with van der Waals surface area (Å²) in [6, 6.07) is 14.5. The van der Waals surface area contributed by atoms with Gasteiger partial charge in [-0.2, -0.15) is 0 Å². The van der Waals surface area contributed by atoms with Crippen LogP contribution in [0.4, 0.5) is 5.69 Å². The van der Waals surface area contributed by atoms with Crippen molar-refractivity contribution in [3.8, 4) is 0 Å². The molecule has 2 heterocycles. The largest absolute Gasteiger partial charge is 0.481 e. The third-order valence-electron chi connectivity index (χ3n) is 5.98. The van der Waals surface area contributed by atoms with Gasteiger partial charge in [-0.15, -0.1) is 0 Å². The number of benzene rings is 2. The number of carbonyl (C=O) groups excluding carboxylic acids is 1. The number of aryl methyl sites for hydroxylation is 1. The van der Waals surface area contributed by atoms with Crippen molar-refractivity contribution < 1.29 is 18.9 Å². The number of nitrogens with one attached hydrogen (secondary N) is 1. The second-order valence-electron chi connectivity index (χ2n) is 8.10. The molecule has 2 aromatic rings. The zero-order chi connectivity index (χ0) is 23.5. The van der Waals surface area contributed by atoms with Gasteiger partial charge in [-0.25, -0.2) is 0 Å². The lowest BCUT2D eigenvalue weighted by Gasteiger charge is -2.30. The molecule has 0 spiro atoms. The molecule has 2 aromatic carbocycles. The van der Waals surface area contributed by atoms with Gasteiger partial charge in [0.15, 0.2) is 0 Å². The Kier molecular flexibility index (Phi) is 6.60. The zero-order valence-electron chi connectivity index (χ0n) is 18.1. The van der Waals surface area contributed by atoms with Crippen LogP contribution in [0.1, 0.15) is 23.1 Å². The topological polar surface area (TPSA) is 128 Å². The van der Waals surface area contributed by atoms with E-state index in [4.69, 9.17) is 16.2 Å². The van der Waals surface area contributed by atoms with E-state index < -0.39 is 16.8 Å². The van der Waals surface area contributed by atoms with Crippen LogP contribution in [0.5, 0.6) is 0 Å². The van der Waals surface area contributed by atoms with Gasteiger partial charge in [-0.3, -0.25) is 19.2 Å². The van der Waals surface area contributed by atoms with Gasteiger partial charge >= 0.3 is 5.97 Å². The van der Waals surface area contributed by atoms with Crippen LogP contribution in [0, 0.1) is 5.41 Å². The van der Waals surface area contributed by atoms with E-state index >= 15 is 0 Å². The molecule has 1 saturated heterocycles. The standard InChI is InChI=1S/C24H26N4O4S/c25-23(26)18-6-8-19(9-7-18)28-15-20(27-11-13-33(32)14-12-27)22(24(28)31)17-4-1-16(2-5-17)3-10-21(29)30/h1-2,4-9H,3,10-15H2,(H3,25,26)(H,29,30). The van der Waals surface area contributed by atoms with Crippen LogP contribution >= 0.6 is 0 Å². The van der Waals surface area contributed by atoms with Crippen molar-refractivity contribution in [2.24, 2.45) is 5.73 Å². The molecule has 0 aliphatic carbocycles. The quantitative estimate of drug-likeness (QED) is 0.422. The Morgan fingerprint density at radius 2 is 1.70 bits per heavy atom. The number of nitrogen functional groups attached to an aromatic ring is 1. The summed E-state index contributed by atoms with van der Waals surface area (Å²) in [4.78, 5) is 28.3. The molecule has 172 valence electrons. The molecule has 9 heteroatoms. The second-order valence-corrected chi connectivity index (χ2v) is 9.80.